The number of esters is 1. The van der Waals surface area contributed by atoms with Gasteiger partial charge in [-0.1, -0.05) is 20.1 Å². The Balaban J connectivity index is 2.02. The van der Waals surface area contributed by atoms with Crippen LogP contribution in [0.3, 0.4) is 0 Å². The number of aliphatic hydroxyl groups is 2. The molecule has 0 unspecified atom stereocenters. The van der Waals surface area contributed by atoms with Crippen molar-refractivity contribution >= 4 is 5.97 Å². The highest BCUT2D eigenvalue weighted by atomic mass is 16.6. The summed E-state index contributed by atoms with van der Waals surface area (Å²) in [4.78, 5) is 11.8. The maximum atomic E-state index is 11.8. The van der Waals surface area contributed by atoms with Gasteiger partial charge in [-0.25, -0.2) is 0 Å². The van der Waals surface area contributed by atoms with Crippen molar-refractivity contribution in [2.75, 3.05) is 0 Å². The minimum absolute atomic E-state index is 0.0173. The fraction of sp³-hybridized carbons (Fsp3) is 0.667. The predicted molar refractivity (Wildman–Crippen MR) is 69.0 cm³/mol. The topological polar surface area (TPSA) is 66.8 Å². The monoisotopic (exact) mass is 264 g/mol. The number of carbonyl (C=O) groups excluding carboxylic acids is 1. The highest BCUT2D eigenvalue weighted by Crippen LogP contribution is 2.52. The van der Waals surface area contributed by atoms with Crippen molar-refractivity contribution in [1.29, 1.82) is 0 Å². The fourth-order valence-electron chi connectivity index (χ4n) is 3.96. The Bertz CT molecular complexity index is 455. The first-order chi connectivity index (χ1) is 8.91. The molecule has 1 saturated heterocycles. The van der Waals surface area contributed by atoms with E-state index in [1.54, 1.807) is 0 Å². The minimum atomic E-state index is -0.627. The molecular weight excluding hydrogens is 244 g/mol. The molecule has 3 rings (SSSR count). The first-order valence-corrected chi connectivity index (χ1v) is 6.85. The molecule has 4 heteroatoms. The normalized spacial score (nSPS) is 49.6. The summed E-state index contributed by atoms with van der Waals surface area (Å²) < 4.78 is 5.52. The van der Waals surface area contributed by atoms with Crippen LogP contribution in [0, 0.1) is 23.7 Å². The van der Waals surface area contributed by atoms with Gasteiger partial charge in [0.25, 0.3) is 0 Å². The van der Waals surface area contributed by atoms with E-state index in [1.807, 2.05) is 6.92 Å². The number of rotatable bonds is 0. The highest BCUT2D eigenvalue weighted by molar-refractivity contribution is 5.75. The van der Waals surface area contributed by atoms with Gasteiger partial charge >= 0.3 is 5.97 Å². The quantitative estimate of drug-likeness (QED) is 0.507. The molecule has 19 heavy (non-hydrogen) atoms. The number of fused-ring (bicyclic) bond motifs is 3. The summed E-state index contributed by atoms with van der Waals surface area (Å²) >= 11 is 0. The molecule has 3 fully saturated rings. The molecule has 0 radical (unpaired) electrons. The van der Waals surface area contributed by atoms with E-state index < -0.39 is 12.2 Å². The first-order valence-electron chi connectivity index (χ1n) is 6.85. The highest BCUT2D eigenvalue weighted by Gasteiger charge is 2.55. The van der Waals surface area contributed by atoms with Gasteiger partial charge in [0.2, 0.25) is 0 Å². The fourth-order valence-corrected chi connectivity index (χ4v) is 3.96. The lowest BCUT2D eigenvalue weighted by Crippen LogP contribution is -2.30. The molecule has 0 aromatic carbocycles. The zero-order valence-electron chi connectivity index (χ0n) is 11.1. The van der Waals surface area contributed by atoms with Crippen molar-refractivity contribution < 1.29 is 19.7 Å². The van der Waals surface area contributed by atoms with Crippen LogP contribution in [0.4, 0.5) is 0 Å². The lowest BCUT2D eigenvalue weighted by Gasteiger charge is -2.26. The van der Waals surface area contributed by atoms with E-state index in [2.05, 4.69) is 13.2 Å². The van der Waals surface area contributed by atoms with Gasteiger partial charge in [-0.3, -0.25) is 4.79 Å². The van der Waals surface area contributed by atoms with Crippen LogP contribution in [0.1, 0.15) is 19.8 Å². The van der Waals surface area contributed by atoms with Crippen molar-refractivity contribution in [2.24, 2.45) is 23.7 Å². The van der Waals surface area contributed by atoms with E-state index in [-0.39, 0.29) is 35.7 Å². The number of hydrogen-bond acceptors (Lipinski definition) is 4. The van der Waals surface area contributed by atoms with Crippen molar-refractivity contribution in [3.8, 4) is 0 Å². The molecular formula is C15H20O4. The first kappa shape index (κ1) is 12.9. The van der Waals surface area contributed by atoms with Crippen molar-refractivity contribution in [1.82, 2.24) is 0 Å². The standard InChI is InChI=1S/C15H20O4/c1-6-9-4-12(17)8(3)13(9)14-10(5-11(6)16)7(2)15(18)19-14/h7,9-14,16-17H,1,3-5H2,2H3/t7-,9-,10-,11-,12-,13-,14-/m0/s1. The van der Waals surface area contributed by atoms with Gasteiger partial charge in [-0.2, -0.15) is 0 Å². The van der Waals surface area contributed by atoms with Gasteiger partial charge in [0.05, 0.1) is 18.1 Å². The summed E-state index contributed by atoms with van der Waals surface area (Å²) in [5, 5.41) is 20.3. The Labute approximate surface area is 112 Å². The maximum Gasteiger partial charge on any atom is 0.309 e. The molecule has 104 valence electrons. The summed E-state index contributed by atoms with van der Waals surface area (Å²) in [6, 6.07) is 0. The molecule has 0 spiro atoms. The molecule has 0 aromatic rings. The molecule has 4 nitrogen and oxygen atoms in total. The Morgan fingerprint density at radius 2 is 1.79 bits per heavy atom. The third-order valence-corrected chi connectivity index (χ3v) is 5.21. The van der Waals surface area contributed by atoms with Crippen LogP contribution < -0.4 is 0 Å². The summed E-state index contributed by atoms with van der Waals surface area (Å²) in [7, 11) is 0. The van der Waals surface area contributed by atoms with Crippen LogP contribution in [0.5, 0.6) is 0 Å². The van der Waals surface area contributed by atoms with Gasteiger partial charge in [0, 0.05) is 11.8 Å². The molecule has 3 aliphatic rings. The average molecular weight is 264 g/mol. The molecule has 2 saturated carbocycles. The average Bonchev–Trinajstić information content (AvgIpc) is 2.77. The number of hydrogen-bond donors (Lipinski definition) is 2. The van der Waals surface area contributed by atoms with Gasteiger partial charge in [-0.15, -0.1) is 0 Å². The van der Waals surface area contributed by atoms with Gasteiger partial charge in [0.15, 0.2) is 0 Å². The molecule has 0 aromatic heterocycles. The molecule has 0 amide bonds. The minimum Gasteiger partial charge on any atom is -0.461 e. The second-order valence-corrected chi connectivity index (χ2v) is 6.14. The molecule has 7 atom stereocenters. The second-order valence-electron chi connectivity index (χ2n) is 6.14. The Hall–Kier alpha value is -1.13. The smallest absolute Gasteiger partial charge is 0.309 e. The van der Waals surface area contributed by atoms with E-state index in [1.165, 1.54) is 0 Å². The largest absolute Gasteiger partial charge is 0.461 e. The summed E-state index contributed by atoms with van der Waals surface area (Å²) in [6.07, 6.45) is -0.461. The van der Waals surface area contributed by atoms with Crippen LogP contribution in [0.15, 0.2) is 24.3 Å². The second kappa shape index (κ2) is 4.18. The van der Waals surface area contributed by atoms with Crippen LogP contribution in [-0.2, 0) is 9.53 Å². The predicted octanol–water partition coefficient (Wildman–Crippen LogP) is 1.04. The summed E-state index contributed by atoms with van der Waals surface area (Å²) in [5.74, 6) is -0.570. The van der Waals surface area contributed by atoms with E-state index >= 15 is 0 Å². The molecule has 1 aliphatic heterocycles. The van der Waals surface area contributed by atoms with Crippen molar-refractivity contribution in [3.63, 3.8) is 0 Å². The third kappa shape index (κ3) is 1.70. The Morgan fingerprint density at radius 3 is 2.47 bits per heavy atom. The van der Waals surface area contributed by atoms with E-state index in [0.717, 1.165) is 11.1 Å². The number of aliphatic hydroxyl groups excluding tert-OH is 2. The van der Waals surface area contributed by atoms with E-state index in [4.69, 9.17) is 4.74 Å². The zero-order chi connectivity index (χ0) is 13.9. The van der Waals surface area contributed by atoms with Crippen LogP contribution in [0.25, 0.3) is 0 Å². The Kier molecular flexibility index (Phi) is 2.84. The number of ether oxygens (including phenoxy) is 1. The SMILES string of the molecule is C=C1[C@@H]2[C@H]3OC(=O)[C@@H](C)[C@@H]3C[C@H](O)C(=C)[C@@H]2C[C@@H]1O. The van der Waals surface area contributed by atoms with E-state index in [9.17, 15) is 15.0 Å². The van der Waals surface area contributed by atoms with Crippen molar-refractivity contribution in [3.05, 3.63) is 24.3 Å². The van der Waals surface area contributed by atoms with E-state index in [0.29, 0.717) is 12.8 Å². The third-order valence-electron chi connectivity index (χ3n) is 5.21. The maximum absolute atomic E-state index is 11.8. The van der Waals surface area contributed by atoms with Gasteiger partial charge in [-0.05, 0) is 29.9 Å². The summed E-state index contributed by atoms with van der Waals surface area (Å²) in [6.45, 7) is 9.81. The van der Waals surface area contributed by atoms with Crippen LogP contribution >= 0.6 is 0 Å². The van der Waals surface area contributed by atoms with Crippen LogP contribution in [-0.4, -0.2) is 34.5 Å². The Morgan fingerprint density at radius 1 is 1.16 bits per heavy atom. The lowest BCUT2D eigenvalue weighted by molar-refractivity contribution is -0.145. The zero-order valence-corrected chi connectivity index (χ0v) is 11.1. The van der Waals surface area contributed by atoms with Gasteiger partial charge in [0.1, 0.15) is 6.10 Å². The van der Waals surface area contributed by atoms with Crippen LogP contribution in [0.2, 0.25) is 0 Å². The molecule has 0 bridgehead atoms. The number of carbonyl (C=O) groups is 1. The molecule has 2 N–H and O–H groups in total. The van der Waals surface area contributed by atoms with Gasteiger partial charge < -0.3 is 14.9 Å². The lowest BCUT2D eigenvalue weighted by atomic mass is 9.80. The molecule has 2 aliphatic carbocycles. The summed E-state index contributed by atoms with van der Waals surface area (Å²) in [5.41, 5.74) is 1.47. The molecule has 1 heterocycles. The van der Waals surface area contributed by atoms with Crippen molar-refractivity contribution in [2.45, 2.75) is 38.1 Å².